The summed E-state index contributed by atoms with van der Waals surface area (Å²) in [4.78, 5) is 12.2. The summed E-state index contributed by atoms with van der Waals surface area (Å²) in [5.74, 6) is 0. The Morgan fingerprint density at radius 1 is 0.759 bits per heavy atom. The molecule has 0 aromatic heterocycles. The highest BCUT2D eigenvalue weighted by Gasteiger charge is 2.24. The largest absolute Gasteiger partial charge is 0.333 e. The highest BCUT2D eigenvalue weighted by atomic mass is 32.2. The maximum Gasteiger partial charge on any atom is 0.333 e. The lowest BCUT2D eigenvalue weighted by atomic mass is 10.1. The first-order valence-electron chi connectivity index (χ1n) is 9.25. The van der Waals surface area contributed by atoms with Gasteiger partial charge in [-0.2, -0.15) is 12.7 Å². The van der Waals surface area contributed by atoms with Crippen LogP contribution in [0.4, 0.5) is 10.5 Å². The topological polar surface area (TPSA) is 78.5 Å². The van der Waals surface area contributed by atoms with Gasteiger partial charge < -0.3 is 5.32 Å². The number of nitrogens with one attached hydrogen (secondary N) is 2. The van der Waals surface area contributed by atoms with Crippen molar-refractivity contribution in [1.82, 2.24) is 9.03 Å². The molecule has 7 heteroatoms. The number of carbonyl (C=O) groups excluding carboxylic acids is 1. The lowest BCUT2D eigenvalue weighted by Crippen LogP contribution is -2.45. The Balaban J connectivity index is 1.72. The Bertz CT molecular complexity index is 1010. The molecule has 2 amide bonds. The minimum absolute atomic E-state index is 0.168. The van der Waals surface area contributed by atoms with Crippen molar-refractivity contribution in [2.24, 2.45) is 0 Å². The smallest absolute Gasteiger partial charge is 0.307 e. The molecule has 0 saturated heterocycles. The summed E-state index contributed by atoms with van der Waals surface area (Å²) in [5.41, 5.74) is 2.38. The lowest BCUT2D eigenvalue weighted by molar-refractivity contribution is 0.255. The van der Waals surface area contributed by atoms with Gasteiger partial charge in [0, 0.05) is 18.8 Å². The molecule has 29 heavy (non-hydrogen) atoms. The van der Waals surface area contributed by atoms with E-state index in [1.807, 2.05) is 66.7 Å². The second-order valence-electron chi connectivity index (χ2n) is 6.48. The molecule has 0 spiro atoms. The van der Waals surface area contributed by atoms with Gasteiger partial charge in [0.2, 0.25) is 0 Å². The summed E-state index contributed by atoms with van der Waals surface area (Å²) in [6, 6.07) is 26.8. The Morgan fingerprint density at radius 3 is 1.86 bits per heavy atom. The van der Waals surface area contributed by atoms with Gasteiger partial charge in [0.15, 0.2) is 0 Å². The van der Waals surface area contributed by atoms with Crippen molar-refractivity contribution in [1.29, 1.82) is 0 Å². The van der Waals surface area contributed by atoms with Crippen molar-refractivity contribution in [3.05, 3.63) is 102 Å². The second kappa shape index (κ2) is 9.86. The first kappa shape index (κ1) is 20.6. The summed E-state index contributed by atoms with van der Waals surface area (Å²) in [7, 11) is -4.04. The van der Waals surface area contributed by atoms with Crippen LogP contribution < -0.4 is 10.0 Å². The average molecular weight is 410 g/mol. The van der Waals surface area contributed by atoms with Crippen LogP contribution >= 0.6 is 0 Å². The van der Waals surface area contributed by atoms with Crippen LogP contribution in [0.2, 0.25) is 0 Å². The Labute approximate surface area is 171 Å². The van der Waals surface area contributed by atoms with Crippen LogP contribution in [0.1, 0.15) is 11.1 Å². The van der Waals surface area contributed by atoms with E-state index in [1.54, 1.807) is 24.3 Å². The number of carbonyl (C=O) groups is 1. The third-order valence-corrected chi connectivity index (χ3v) is 5.72. The van der Waals surface area contributed by atoms with E-state index < -0.39 is 16.2 Å². The highest BCUT2D eigenvalue weighted by molar-refractivity contribution is 7.87. The first-order valence-corrected chi connectivity index (χ1v) is 10.7. The zero-order chi connectivity index (χ0) is 20.5. The molecule has 0 aliphatic rings. The van der Waals surface area contributed by atoms with Gasteiger partial charge in [0.05, 0.1) is 0 Å². The maximum atomic E-state index is 12.9. The summed E-state index contributed by atoms with van der Waals surface area (Å²) in [5, 5.41) is 2.53. The maximum absolute atomic E-state index is 12.9. The molecule has 0 aliphatic carbocycles. The van der Waals surface area contributed by atoms with E-state index in [9.17, 15) is 13.2 Å². The number of amides is 2. The Hall–Kier alpha value is -3.16. The summed E-state index contributed by atoms with van der Waals surface area (Å²) in [6.45, 7) is 0.411. The number of anilines is 1. The van der Waals surface area contributed by atoms with Crippen molar-refractivity contribution in [3.8, 4) is 0 Å². The average Bonchev–Trinajstić information content (AvgIpc) is 2.72. The van der Waals surface area contributed by atoms with Crippen LogP contribution in [0.3, 0.4) is 0 Å². The van der Waals surface area contributed by atoms with Gasteiger partial charge in [-0.15, -0.1) is 0 Å². The Kier molecular flexibility index (Phi) is 6.99. The first-order chi connectivity index (χ1) is 14.0. The molecule has 0 bridgehead atoms. The fourth-order valence-electron chi connectivity index (χ4n) is 2.83. The van der Waals surface area contributed by atoms with Crippen LogP contribution in [-0.2, 0) is 23.2 Å². The number of benzene rings is 3. The van der Waals surface area contributed by atoms with E-state index in [4.69, 9.17) is 0 Å². The number of para-hydroxylation sites is 1. The van der Waals surface area contributed by atoms with Crippen LogP contribution in [0, 0.1) is 0 Å². The van der Waals surface area contributed by atoms with E-state index in [2.05, 4.69) is 10.0 Å². The molecular formula is C22H23N3O3S. The van der Waals surface area contributed by atoms with Gasteiger partial charge in [-0.3, -0.25) is 0 Å². The molecule has 0 fully saturated rings. The fraction of sp³-hybridized carbons (Fsp3) is 0.136. The van der Waals surface area contributed by atoms with Crippen LogP contribution in [-0.4, -0.2) is 25.3 Å². The molecule has 0 saturated carbocycles. The quantitative estimate of drug-likeness (QED) is 0.594. The van der Waals surface area contributed by atoms with Crippen molar-refractivity contribution >= 4 is 21.9 Å². The van der Waals surface area contributed by atoms with Gasteiger partial charge in [-0.25, -0.2) is 9.52 Å². The van der Waals surface area contributed by atoms with Gasteiger partial charge in [0.25, 0.3) is 0 Å². The van der Waals surface area contributed by atoms with Crippen molar-refractivity contribution in [3.63, 3.8) is 0 Å². The molecule has 6 nitrogen and oxygen atoms in total. The van der Waals surface area contributed by atoms with Gasteiger partial charge in [-0.05, 0) is 29.7 Å². The molecular weight excluding hydrogens is 386 g/mol. The van der Waals surface area contributed by atoms with E-state index in [0.29, 0.717) is 12.1 Å². The lowest BCUT2D eigenvalue weighted by Gasteiger charge is -2.22. The van der Waals surface area contributed by atoms with Gasteiger partial charge >= 0.3 is 16.2 Å². The molecule has 3 aromatic rings. The third-order valence-electron chi connectivity index (χ3n) is 4.29. The normalized spacial score (nSPS) is 11.2. The van der Waals surface area contributed by atoms with E-state index >= 15 is 0 Å². The summed E-state index contributed by atoms with van der Waals surface area (Å²) < 4.78 is 29.2. The van der Waals surface area contributed by atoms with Gasteiger partial charge in [0.1, 0.15) is 0 Å². The number of hydrogen-bond donors (Lipinski definition) is 2. The van der Waals surface area contributed by atoms with Crippen LogP contribution in [0.25, 0.3) is 0 Å². The molecule has 0 atom stereocenters. The summed E-state index contributed by atoms with van der Waals surface area (Å²) >= 11 is 0. The predicted octanol–water partition coefficient (Wildman–Crippen LogP) is 3.80. The van der Waals surface area contributed by atoms with Crippen LogP contribution in [0.5, 0.6) is 0 Å². The third kappa shape index (κ3) is 6.44. The minimum atomic E-state index is -4.04. The molecule has 0 aliphatic heterocycles. The molecule has 0 unspecified atom stereocenters. The second-order valence-corrected chi connectivity index (χ2v) is 8.15. The van der Waals surface area contributed by atoms with Crippen LogP contribution in [0.15, 0.2) is 91.0 Å². The highest BCUT2D eigenvalue weighted by Crippen LogP contribution is 2.11. The van der Waals surface area contributed by atoms with Crippen molar-refractivity contribution in [2.45, 2.75) is 13.0 Å². The molecule has 0 radical (unpaired) electrons. The fourth-order valence-corrected chi connectivity index (χ4v) is 3.89. The van der Waals surface area contributed by atoms with Crippen molar-refractivity contribution < 1.29 is 13.2 Å². The number of urea groups is 1. The number of rotatable bonds is 8. The van der Waals surface area contributed by atoms with Gasteiger partial charge in [-0.1, -0.05) is 78.9 Å². The monoisotopic (exact) mass is 409 g/mol. The SMILES string of the molecule is O=C(Nc1ccccc1)NS(=O)(=O)N(CCc1ccccc1)Cc1ccccc1. The van der Waals surface area contributed by atoms with E-state index in [0.717, 1.165) is 11.1 Å². The van der Waals surface area contributed by atoms with E-state index in [1.165, 1.54) is 4.31 Å². The zero-order valence-electron chi connectivity index (χ0n) is 15.9. The van der Waals surface area contributed by atoms with E-state index in [-0.39, 0.29) is 13.1 Å². The standard InChI is InChI=1S/C22H23N3O3S/c26-22(23-21-14-8-3-9-15-21)24-29(27,28)25(18-20-12-6-2-7-13-20)17-16-19-10-4-1-5-11-19/h1-15H,16-18H2,(H2,23,24,26). The Morgan fingerprint density at radius 2 is 1.28 bits per heavy atom. The zero-order valence-corrected chi connectivity index (χ0v) is 16.7. The number of hydrogen-bond acceptors (Lipinski definition) is 3. The minimum Gasteiger partial charge on any atom is -0.307 e. The molecule has 2 N–H and O–H groups in total. The summed E-state index contributed by atoms with van der Waals surface area (Å²) in [6.07, 6.45) is 0.537. The molecule has 0 heterocycles. The predicted molar refractivity (Wildman–Crippen MR) is 115 cm³/mol. The van der Waals surface area contributed by atoms with Crippen molar-refractivity contribution in [2.75, 3.05) is 11.9 Å². The molecule has 3 rings (SSSR count). The number of nitrogens with zero attached hydrogens (tertiary/aromatic N) is 1. The molecule has 150 valence electrons. The molecule has 3 aromatic carbocycles.